The van der Waals surface area contributed by atoms with E-state index in [9.17, 15) is 10.1 Å². The number of nitro benzene ring substituents is 1. The Hall–Kier alpha value is -2.28. The van der Waals surface area contributed by atoms with E-state index in [-0.39, 0.29) is 18.3 Å². The minimum absolute atomic E-state index is 0.0180. The molecule has 0 aliphatic rings. The lowest BCUT2D eigenvalue weighted by Gasteiger charge is -2.28. The molecular weight excluding hydrogens is 272 g/mol. The lowest BCUT2D eigenvalue weighted by molar-refractivity contribution is -0.384. The molecule has 1 heterocycles. The third-order valence-electron chi connectivity index (χ3n) is 3.26. The average molecular weight is 290 g/mol. The molecule has 0 fully saturated rings. The van der Waals surface area contributed by atoms with Crippen LogP contribution in [0.15, 0.2) is 24.5 Å². The molecule has 0 saturated carbocycles. The first-order valence-corrected chi connectivity index (χ1v) is 6.81. The maximum atomic E-state index is 10.9. The molecule has 0 unspecified atom stereocenters. The van der Waals surface area contributed by atoms with Crippen LogP contribution < -0.4 is 4.90 Å². The number of aliphatic hydroxyl groups is 1. The lowest BCUT2D eigenvalue weighted by Crippen LogP contribution is -2.33. The monoisotopic (exact) mass is 290 g/mol. The smallest absolute Gasteiger partial charge is 0.270 e. The van der Waals surface area contributed by atoms with E-state index in [0.717, 1.165) is 0 Å². The standard InChI is InChI=1S/C14H18N4O3/c1-10(2)17(6-3-7-19)14-12-8-11(18(20)21)4-5-13(12)15-9-16-14/h4-5,8-10,19H,3,6-7H2,1-2H3. The first-order chi connectivity index (χ1) is 10.0. The van der Waals surface area contributed by atoms with E-state index in [1.807, 2.05) is 18.7 Å². The minimum Gasteiger partial charge on any atom is -0.396 e. The molecule has 7 nitrogen and oxygen atoms in total. The van der Waals surface area contributed by atoms with Gasteiger partial charge in [0.25, 0.3) is 5.69 Å². The predicted molar refractivity (Wildman–Crippen MR) is 80.4 cm³/mol. The molecule has 0 bridgehead atoms. The fraction of sp³-hybridized carbons (Fsp3) is 0.429. The van der Waals surface area contributed by atoms with Gasteiger partial charge in [-0.2, -0.15) is 0 Å². The Labute approximate surface area is 122 Å². The summed E-state index contributed by atoms with van der Waals surface area (Å²) in [6.45, 7) is 4.75. The van der Waals surface area contributed by atoms with Crippen LogP contribution in [0.4, 0.5) is 11.5 Å². The van der Waals surface area contributed by atoms with Gasteiger partial charge in [0.1, 0.15) is 12.1 Å². The highest BCUT2D eigenvalue weighted by atomic mass is 16.6. The van der Waals surface area contributed by atoms with Gasteiger partial charge in [0.15, 0.2) is 0 Å². The number of fused-ring (bicyclic) bond motifs is 1. The van der Waals surface area contributed by atoms with Gasteiger partial charge in [-0.05, 0) is 26.3 Å². The number of non-ortho nitro benzene ring substituents is 1. The number of hydrogen-bond acceptors (Lipinski definition) is 6. The Morgan fingerprint density at radius 2 is 2.14 bits per heavy atom. The van der Waals surface area contributed by atoms with Gasteiger partial charge in [0, 0.05) is 36.7 Å². The highest BCUT2D eigenvalue weighted by Gasteiger charge is 2.17. The van der Waals surface area contributed by atoms with Gasteiger partial charge in [0.2, 0.25) is 0 Å². The van der Waals surface area contributed by atoms with E-state index >= 15 is 0 Å². The summed E-state index contributed by atoms with van der Waals surface area (Å²) in [7, 11) is 0. The van der Waals surface area contributed by atoms with Crippen molar-refractivity contribution in [2.45, 2.75) is 26.3 Å². The largest absolute Gasteiger partial charge is 0.396 e. The SMILES string of the molecule is CC(C)N(CCCO)c1ncnc2ccc([N+](=O)[O-])cc12. The quantitative estimate of drug-likeness (QED) is 0.647. The maximum Gasteiger partial charge on any atom is 0.270 e. The van der Waals surface area contributed by atoms with Crippen molar-refractivity contribution in [3.63, 3.8) is 0 Å². The van der Waals surface area contributed by atoms with E-state index in [0.29, 0.717) is 29.7 Å². The van der Waals surface area contributed by atoms with Gasteiger partial charge < -0.3 is 10.0 Å². The van der Waals surface area contributed by atoms with Gasteiger partial charge in [-0.1, -0.05) is 0 Å². The second-order valence-electron chi connectivity index (χ2n) is 5.02. The predicted octanol–water partition coefficient (Wildman–Crippen LogP) is 2.14. The van der Waals surface area contributed by atoms with Crippen LogP contribution in [-0.2, 0) is 0 Å². The molecule has 112 valence electrons. The van der Waals surface area contributed by atoms with Crippen molar-refractivity contribution in [1.29, 1.82) is 0 Å². The number of aromatic nitrogens is 2. The number of rotatable bonds is 6. The summed E-state index contributed by atoms with van der Waals surface area (Å²) in [6.07, 6.45) is 2.07. The van der Waals surface area contributed by atoms with Crippen LogP contribution in [-0.4, -0.2) is 39.2 Å². The summed E-state index contributed by atoms with van der Waals surface area (Å²) < 4.78 is 0. The van der Waals surface area contributed by atoms with Gasteiger partial charge in [-0.25, -0.2) is 9.97 Å². The molecule has 2 rings (SSSR count). The fourth-order valence-electron chi connectivity index (χ4n) is 2.22. The van der Waals surface area contributed by atoms with Gasteiger partial charge in [0.05, 0.1) is 10.4 Å². The normalized spacial score (nSPS) is 11.0. The van der Waals surface area contributed by atoms with E-state index in [1.165, 1.54) is 18.5 Å². The van der Waals surface area contributed by atoms with Gasteiger partial charge in [-0.15, -0.1) is 0 Å². The molecule has 0 aliphatic carbocycles. The number of anilines is 1. The topological polar surface area (TPSA) is 92.4 Å². The van der Waals surface area contributed by atoms with Crippen molar-refractivity contribution in [1.82, 2.24) is 9.97 Å². The fourth-order valence-corrected chi connectivity index (χ4v) is 2.22. The average Bonchev–Trinajstić information content (AvgIpc) is 2.46. The summed E-state index contributed by atoms with van der Waals surface area (Å²) >= 11 is 0. The number of hydrogen-bond donors (Lipinski definition) is 1. The van der Waals surface area contributed by atoms with Crippen LogP contribution in [0.2, 0.25) is 0 Å². The Morgan fingerprint density at radius 3 is 2.76 bits per heavy atom. The highest BCUT2D eigenvalue weighted by molar-refractivity contribution is 5.91. The zero-order valence-corrected chi connectivity index (χ0v) is 12.1. The van der Waals surface area contributed by atoms with Crippen molar-refractivity contribution in [3.05, 3.63) is 34.6 Å². The molecule has 7 heteroatoms. The molecule has 0 spiro atoms. The minimum atomic E-state index is -0.427. The molecular formula is C14H18N4O3. The van der Waals surface area contributed by atoms with Gasteiger partial charge >= 0.3 is 0 Å². The first-order valence-electron chi connectivity index (χ1n) is 6.81. The zero-order valence-electron chi connectivity index (χ0n) is 12.1. The van der Waals surface area contributed by atoms with Crippen molar-refractivity contribution in [3.8, 4) is 0 Å². The number of nitrogens with zero attached hydrogens (tertiary/aromatic N) is 4. The summed E-state index contributed by atoms with van der Waals surface area (Å²) in [5.74, 6) is 0.659. The van der Waals surface area contributed by atoms with Crippen LogP contribution in [0.3, 0.4) is 0 Å². The molecule has 0 aliphatic heterocycles. The third kappa shape index (κ3) is 3.25. The Balaban J connectivity index is 2.54. The molecule has 2 aromatic rings. The first kappa shape index (κ1) is 15.1. The third-order valence-corrected chi connectivity index (χ3v) is 3.26. The Kier molecular flexibility index (Phi) is 4.64. The second kappa shape index (κ2) is 6.45. The van der Waals surface area contributed by atoms with E-state index in [2.05, 4.69) is 9.97 Å². The summed E-state index contributed by atoms with van der Waals surface area (Å²) in [5.41, 5.74) is 0.685. The van der Waals surface area contributed by atoms with Crippen molar-refractivity contribution < 1.29 is 10.0 Å². The summed E-state index contributed by atoms with van der Waals surface area (Å²) in [4.78, 5) is 21.0. The number of benzene rings is 1. The van der Waals surface area contributed by atoms with Crippen LogP contribution >= 0.6 is 0 Å². The maximum absolute atomic E-state index is 10.9. The molecule has 0 saturated heterocycles. The summed E-state index contributed by atoms with van der Waals surface area (Å²) in [5, 5.41) is 20.6. The van der Waals surface area contributed by atoms with E-state index in [1.54, 1.807) is 6.07 Å². The van der Waals surface area contributed by atoms with Crippen molar-refractivity contribution >= 4 is 22.4 Å². The molecule has 0 radical (unpaired) electrons. The molecule has 1 aromatic carbocycles. The number of nitro groups is 1. The molecule has 21 heavy (non-hydrogen) atoms. The van der Waals surface area contributed by atoms with E-state index < -0.39 is 4.92 Å². The second-order valence-corrected chi connectivity index (χ2v) is 5.02. The van der Waals surface area contributed by atoms with Crippen molar-refractivity contribution in [2.75, 3.05) is 18.1 Å². The Morgan fingerprint density at radius 1 is 1.38 bits per heavy atom. The van der Waals surface area contributed by atoms with Gasteiger partial charge in [-0.3, -0.25) is 10.1 Å². The lowest BCUT2D eigenvalue weighted by atomic mass is 10.1. The molecule has 1 N–H and O–H groups in total. The van der Waals surface area contributed by atoms with Crippen molar-refractivity contribution in [2.24, 2.45) is 0 Å². The van der Waals surface area contributed by atoms with Crippen LogP contribution in [0.25, 0.3) is 10.9 Å². The molecule has 0 amide bonds. The summed E-state index contributed by atoms with van der Waals surface area (Å²) in [6, 6.07) is 4.73. The molecule has 0 atom stereocenters. The van der Waals surface area contributed by atoms with Crippen LogP contribution in [0, 0.1) is 10.1 Å². The van der Waals surface area contributed by atoms with Crippen LogP contribution in [0.5, 0.6) is 0 Å². The zero-order chi connectivity index (χ0) is 15.4. The van der Waals surface area contributed by atoms with E-state index in [4.69, 9.17) is 5.11 Å². The van der Waals surface area contributed by atoms with Crippen LogP contribution in [0.1, 0.15) is 20.3 Å². The Bertz CT molecular complexity index is 645. The number of aliphatic hydroxyl groups excluding tert-OH is 1. The molecule has 1 aromatic heterocycles. The highest BCUT2D eigenvalue weighted by Crippen LogP contribution is 2.28.